The zero-order valence-electron chi connectivity index (χ0n) is 32.4. The van der Waals surface area contributed by atoms with E-state index in [4.69, 9.17) is 15.2 Å². The van der Waals surface area contributed by atoms with E-state index in [2.05, 4.69) is 24.4 Å². The first kappa shape index (κ1) is 41.4. The number of unbranched alkanes of at least 4 members (excludes halogenated alkanes) is 4. The van der Waals surface area contributed by atoms with Crippen molar-refractivity contribution < 1.29 is 28.7 Å². The van der Waals surface area contributed by atoms with Crippen molar-refractivity contribution in [2.45, 2.75) is 103 Å². The van der Waals surface area contributed by atoms with E-state index in [0.717, 1.165) is 45.9 Å². The minimum Gasteiger partial charge on any atom is -0.461 e. The molecule has 0 saturated carbocycles. The topological polar surface area (TPSA) is 125 Å². The molecule has 3 N–H and O–H groups in total. The third-order valence-corrected chi connectivity index (χ3v) is 9.93. The lowest BCUT2D eigenvalue weighted by Crippen LogP contribution is -2.44. The maximum absolute atomic E-state index is 14.2. The maximum Gasteiger partial charge on any atom is 0.328 e. The minimum absolute atomic E-state index is 0.0391. The van der Waals surface area contributed by atoms with Gasteiger partial charge in [-0.3, -0.25) is 14.4 Å². The van der Waals surface area contributed by atoms with Gasteiger partial charge in [0.15, 0.2) is 0 Å². The van der Waals surface area contributed by atoms with Gasteiger partial charge in [-0.1, -0.05) is 148 Å². The Labute approximate surface area is 330 Å². The van der Waals surface area contributed by atoms with Gasteiger partial charge in [0.1, 0.15) is 18.8 Å². The Morgan fingerprint density at radius 3 is 1.98 bits per heavy atom. The number of primary amides is 1. The molecular weight excluding hydrogens is 701 g/mol. The normalized spacial score (nSPS) is 12.1. The minimum atomic E-state index is -1.11. The highest BCUT2D eigenvalue weighted by atomic mass is 16.5. The van der Waals surface area contributed by atoms with E-state index in [0.29, 0.717) is 12.0 Å². The van der Waals surface area contributed by atoms with Crippen molar-refractivity contribution in [2.24, 2.45) is 5.73 Å². The maximum atomic E-state index is 14.2. The Morgan fingerprint density at radius 1 is 0.679 bits per heavy atom. The summed E-state index contributed by atoms with van der Waals surface area (Å²) in [7, 11) is 0. The lowest BCUT2D eigenvalue weighted by Gasteiger charge is -2.23. The van der Waals surface area contributed by atoms with Gasteiger partial charge < -0.3 is 20.5 Å². The number of nitrogens with two attached hydrogens (primary N) is 1. The number of benzene rings is 5. The number of ether oxygens (including phenoxy) is 2. The number of esters is 2. The SMILES string of the molecule is CCCCCCCc1ccc(C[C@@H](CC(N)=O)OC(=O)[C@H](CCCC(=O)OCc2ccccc2)NC(=O)c2cc3ccccc3cc2Cc2ccccc2)cc1. The van der Waals surface area contributed by atoms with E-state index in [1.54, 1.807) is 0 Å². The van der Waals surface area contributed by atoms with E-state index in [9.17, 15) is 19.2 Å². The summed E-state index contributed by atoms with van der Waals surface area (Å²) in [5.41, 5.74) is 10.9. The lowest BCUT2D eigenvalue weighted by atomic mass is 9.95. The van der Waals surface area contributed by atoms with Crippen molar-refractivity contribution in [3.63, 3.8) is 0 Å². The quantitative estimate of drug-likeness (QED) is 0.0537. The number of amides is 2. The summed E-state index contributed by atoms with van der Waals surface area (Å²) in [5, 5.41) is 4.82. The number of hydrogen-bond donors (Lipinski definition) is 2. The Kier molecular flexibility index (Phi) is 16.2. The number of rotatable bonds is 22. The lowest BCUT2D eigenvalue weighted by molar-refractivity contribution is -0.153. The van der Waals surface area contributed by atoms with Gasteiger partial charge in [0, 0.05) is 18.4 Å². The third-order valence-electron chi connectivity index (χ3n) is 9.93. The van der Waals surface area contributed by atoms with Crippen molar-refractivity contribution in [1.29, 1.82) is 0 Å². The van der Waals surface area contributed by atoms with Crippen LogP contribution in [0.1, 0.15) is 103 Å². The van der Waals surface area contributed by atoms with Crippen LogP contribution in [0.4, 0.5) is 0 Å². The Bertz CT molecular complexity index is 2010. The molecule has 56 heavy (non-hydrogen) atoms. The standard InChI is InChI=1S/C48H54N2O6/c1-2-3-4-5-8-16-35-25-27-37(28-26-35)30-42(33-45(49)51)56-48(54)44(23-15-24-46(52)55-34-38-19-11-7-12-20-38)50-47(53)43-32-40-22-14-13-21-39(40)31-41(43)29-36-17-9-6-10-18-36/h6-7,9-14,17-22,25-28,31-32,42,44H,2-5,8,15-16,23-24,29-30,33-34H2,1H3,(H2,49,51)(H,50,53)/t42-,44-/m0/s1. The van der Waals surface area contributed by atoms with E-state index < -0.39 is 35.9 Å². The molecule has 0 aliphatic carbocycles. The van der Waals surface area contributed by atoms with Crippen molar-refractivity contribution in [1.82, 2.24) is 5.32 Å². The van der Waals surface area contributed by atoms with Crippen LogP contribution in [0.3, 0.4) is 0 Å². The summed E-state index contributed by atoms with van der Waals surface area (Å²) in [4.78, 5) is 53.1. The Morgan fingerprint density at radius 2 is 1.30 bits per heavy atom. The zero-order chi connectivity index (χ0) is 39.5. The van der Waals surface area contributed by atoms with Gasteiger partial charge in [-0.25, -0.2) is 4.79 Å². The molecule has 0 heterocycles. The molecule has 0 aliphatic rings. The summed E-state index contributed by atoms with van der Waals surface area (Å²) in [6.07, 6.45) is 7.21. The molecule has 0 aliphatic heterocycles. The molecule has 8 heteroatoms. The van der Waals surface area contributed by atoms with Crippen LogP contribution in [0, 0.1) is 0 Å². The molecule has 0 saturated heterocycles. The molecule has 5 aromatic carbocycles. The summed E-state index contributed by atoms with van der Waals surface area (Å²) in [5.74, 6) is -2.15. The molecule has 5 aromatic rings. The van der Waals surface area contributed by atoms with Gasteiger partial charge in [-0.2, -0.15) is 0 Å². The molecule has 0 radical (unpaired) electrons. The molecule has 292 valence electrons. The summed E-state index contributed by atoms with van der Waals surface area (Å²) < 4.78 is 11.4. The molecule has 0 unspecified atom stereocenters. The average Bonchev–Trinajstić information content (AvgIpc) is 3.20. The molecule has 0 bridgehead atoms. The second kappa shape index (κ2) is 22.0. The van der Waals surface area contributed by atoms with Crippen LogP contribution >= 0.6 is 0 Å². The van der Waals surface area contributed by atoms with E-state index >= 15 is 0 Å². The van der Waals surface area contributed by atoms with Crippen molar-refractivity contribution in [3.05, 3.63) is 155 Å². The summed E-state index contributed by atoms with van der Waals surface area (Å²) >= 11 is 0. The number of hydrogen-bond acceptors (Lipinski definition) is 6. The zero-order valence-corrected chi connectivity index (χ0v) is 32.4. The van der Waals surface area contributed by atoms with Gasteiger partial charge in [-0.05, 0) is 76.8 Å². The van der Waals surface area contributed by atoms with Gasteiger partial charge in [-0.15, -0.1) is 0 Å². The fourth-order valence-electron chi connectivity index (χ4n) is 6.87. The summed E-state index contributed by atoms with van der Waals surface area (Å²) in [6.45, 7) is 2.35. The van der Waals surface area contributed by atoms with Crippen molar-refractivity contribution in [2.75, 3.05) is 0 Å². The average molecular weight is 755 g/mol. The van der Waals surface area contributed by atoms with Crippen molar-refractivity contribution in [3.8, 4) is 0 Å². The molecule has 2 amide bonds. The highest BCUT2D eigenvalue weighted by Crippen LogP contribution is 2.24. The van der Waals surface area contributed by atoms with Gasteiger partial charge >= 0.3 is 11.9 Å². The third kappa shape index (κ3) is 13.5. The largest absolute Gasteiger partial charge is 0.461 e. The first-order valence-corrected chi connectivity index (χ1v) is 19.9. The van der Waals surface area contributed by atoms with Gasteiger partial charge in [0.2, 0.25) is 5.91 Å². The Balaban J connectivity index is 1.31. The highest BCUT2D eigenvalue weighted by Gasteiger charge is 2.28. The second-order valence-electron chi connectivity index (χ2n) is 14.5. The smallest absolute Gasteiger partial charge is 0.328 e. The van der Waals surface area contributed by atoms with E-state index in [1.165, 1.54) is 31.2 Å². The number of carbonyl (C=O) groups is 4. The van der Waals surface area contributed by atoms with Crippen LogP contribution in [0.25, 0.3) is 10.8 Å². The van der Waals surface area contributed by atoms with Crippen LogP contribution in [0.5, 0.6) is 0 Å². The molecule has 0 aromatic heterocycles. The number of aryl methyl sites for hydroxylation is 1. The van der Waals surface area contributed by atoms with E-state index in [-0.39, 0.29) is 38.7 Å². The number of nitrogens with one attached hydrogen (secondary N) is 1. The number of fused-ring (bicyclic) bond motifs is 1. The Hall–Kier alpha value is -5.76. The predicted octanol–water partition coefficient (Wildman–Crippen LogP) is 8.99. The van der Waals surface area contributed by atoms with Crippen LogP contribution in [0.2, 0.25) is 0 Å². The molecule has 0 spiro atoms. The molecule has 0 fully saturated rings. The van der Waals surface area contributed by atoms with Crippen LogP contribution in [-0.2, 0) is 49.7 Å². The highest BCUT2D eigenvalue weighted by molar-refractivity contribution is 6.02. The first-order chi connectivity index (χ1) is 27.3. The van der Waals surface area contributed by atoms with Crippen LogP contribution < -0.4 is 11.1 Å². The first-order valence-electron chi connectivity index (χ1n) is 19.9. The summed E-state index contributed by atoms with van der Waals surface area (Å²) in [6, 6.07) is 38.0. The number of carbonyl (C=O) groups excluding carboxylic acids is 4. The van der Waals surface area contributed by atoms with Gasteiger partial charge in [0.25, 0.3) is 5.91 Å². The second-order valence-corrected chi connectivity index (χ2v) is 14.5. The fourth-order valence-corrected chi connectivity index (χ4v) is 6.87. The molecule has 5 rings (SSSR count). The van der Waals surface area contributed by atoms with Crippen LogP contribution in [-0.4, -0.2) is 35.9 Å². The van der Waals surface area contributed by atoms with Crippen molar-refractivity contribution >= 4 is 34.5 Å². The molecule has 2 atom stereocenters. The van der Waals surface area contributed by atoms with Gasteiger partial charge in [0.05, 0.1) is 6.42 Å². The molecule has 8 nitrogen and oxygen atoms in total. The van der Waals surface area contributed by atoms with Crippen LogP contribution in [0.15, 0.2) is 121 Å². The predicted molar refractivity (Wildman–Crippen MR) is 221 cm³/mol. The van der Waals surface area contributed by atoms with E-state index in [1.807, 2.05) is 109 Å². The fraction of sp³-hybridized carbons (Fsp3) is 0.333. The molecular formula is C48H54N2O6. The monoisotopic (exact) mass is 754 g/mol.